The molecular weight excluding hydrogens is 202 g/mol. The van der Waals surface area contributed by atoms with E-state index < -0.39 is 10.0 Å². The smallest absolute Gasteiger partial charge is 0.211 e. The van der Waals surface area contributed by atoms with Crippen LogP contribution in [-0.2, 0) is 14.8 Å². The highest BCUT2D eigenvalue weighted by Crippen LogP contribution is 2.15. The fourth-order valence-electron chi connectivity index (χ4n) is 1.63. The van der Waals surface area contributed by atoms with Crippen LogP contribution in [0.15, 0.2) is 0 Å². The summed E-state index contributed by atoms with van der Waals surface area (Å²) in [5.41, 5.74) is 0. The number of nitrogens with zero attached hydrogens (tertiary/aromatic N) is 1. The van der Waals surface area contributed by atoms with Crippen molar-refractivity contribution in [2.45, 2.75) is 32.3 Å². The number of rotatable bonds is 4. The van der Waals surface area contributed by atoms with Crippen molar-refractivity contribution in [2.75, 3.05) is 26.0 Å². The Labute approximate surface area is 86.3 Å². The van der Waals surface area contributed by atoms with Gasteiger partial charge < -0.3 is 4.74 Å². The van der Waals surface area contributed by atoms with Crippen LogP contribution in [0.3, 0.4) is 0 Å². The molecule has 14 heavy (non-hydrogen) atoms. The molecule has 4 nitrogen and oxygen atoms in total. The van der Waals surface area contributed by atoms with Gasteiger partial charge in [0, 0.05) is 19.7 Å². The van der Waals surface area contributed by atoms with Gasteiger partial charge in [-0.3, -0.25) is 0 Å². The Balaban J connectivity index is 2.44. The van der Waals surface area contributed by atoms with Gasteiger partial charge in [0.05, 0.1) is 12.4 Å². The minimum atomic E-state index is -3.03. The molecule has 1 saturated heterocycles. The summed E-state index contributed by atoms with van der Waals surface area (Å²) in [6.45, 7) is 3.95. The molecule has 0 aromatic heterocycles. The highest BCUT2D eigenvalue weighted by molar-refractivity contribution is 7.88. The molecule has 84 valence electrons. The third kappa shape index (κ3) is 3.55. The van der Waals surface area contributed by atoms with E-state index >= 15 is 0 Å². The predicted octanol–water partition coefficient (Wildman–Crippen LogP) is 0.837. The summed E-state index contributed by atoms with van der Waals surface area (Å²) in [5.74, 6) is 0. The quantitative estimate of drug-likeness (QED) is 0.706. The minimum Gasteiger partial charge on any atom is -0.377 e. The average molecular weight is 221 g/mol. The highest BCUT2D eigenvalue weighted by Gasteiger charge is 2.25. The zero-order valence-corrected chi connectivity index (χ0v) is 9.72. The molecular formula is C9H19NO3S. The maximum Gasteiger partial charge on any atom is 0.211 e. The second-order valence-corrected chi connectivity index (χ2v) is 5.74. The number of hydrogen-bond donors (Lipinski definition) is 0. The van der Waals surface area contributed by atoms with Gasteiger partial charge in [-0.15, -0.1) is 0 Å². The summed E-state index contributed by atoms with van der Waals surface area (Å²) >= 11 is 0. The summed E-state index contributed by atoms with van der Waals surface area (Å²) < 4.78 is 29.6. The second kappa shape index (κ2) is 5.09. The maximum atomic E-state index is 11.3. The van der Waals surface area contributed by atoms with Crippen molar-refractivity contribution in [3.63, 3.8) is 0 Å². The first kappa shape index (κ1) is 11.9. The van der Waals surface area contributed by atoms with Crippen molar-refractivity contribution in [3.8, 4) is 0 Å². The van der Waals surface area contributed by atoms with Crippen LogP contribution in [0.25, 0.3) is 0 Å². The highest BCUT2D eigenvalue weighted by atomic mass is 32.2. The van der Waals surface area contributed by atoms with Crippen molar-refractivity contribution in [3.05, 3.63) is 0 Å². The van der Waals surface area contributed by atoms with Crippen LogP contribution in [-0.4, -0.2) is 44.8 Å². The lowest BCUT2D eigenvalue weighted by Gasteiger charge is -2.30. The lowest BCUT2D eigenvalue weighted by molar-refractivity contribution is 0.0195. The summed E-state index contributed by atoms with van der Waals surface area (Å²) in [4.78, 5) is 0. The van der Waals surface area contributed by atoms with Gasteiger partial charge >= 0.3 is 0 Å². The molecule has 1 rings (SSSR count). The van der Waals surface area contributed by atoms with Crippen molar-refractivity contribution >= 4 is 10.0 Å². The van der Waals surface area contributed by atoms with Crippen molar-refractivity contribution in [1.82, 2.24) is 4.31 Å². The van der Waals surface area contributed by atoms with Crippen LogP contribution in [0.2, 0.25) is 0 Å². The van der Waals surface area contributed by atoms with E-state index in [9.17, 15) is 8.42 Å². The summed E-state index contributed by atoms with van der Waals surface area (Å²) in [6, 6.07) is 0. The molecule has 1 fully saturated rings. The van der Waals surface area contributed by atoms with Crippen molar-refractivity contribution < 1.29 is 13.2 Å². The number of piperidine rings is 1. The van der Waals surface area contributed by atoms with Gasteiger partial charge in [-0.2, -0.15) is 4.31 Å². The van der Waals surface area contributed by atoms with E-state index in [1.54, 1.807) is 0 Å². The van der Waals surface area contributed by atoms with E-state index in [-0.39, 0.29) is 6.10 Å². The van der Waals surface area contributed by atoms with Crippen LogP contribution in [0.1, 0.15) is 26.2 Å². The first-order valence-corrected chi connectivity index (χ1v) is 6.95. The SMILES string of the molecule is CCCOC1CCCN(S(C)(=O)=O)C1. The van der Waals surface area contributed by atoms with Gasteiger partial charge in [0.2, 0.25) is 10.0 Å². The van der Waals surface area contributed by atoms with E-state index in [0.717, 1.165) is 25.9 Å². The van der Waals surface area contributed by atoms with E-state index in [1.807, 2.05) is 0 Å². The molecule has 1 atom stereocenters. The Morgan fingerprint density at radius 3 is 2.79 bits per heavy atom. The number of sulfonamides is 1. The fraction of sp³-hybridized carbons (Fsp3) is 1.00. The lowest BCUT2D eigenvalue weighted by atomic mass is 10.1. The molecule has 1 aliphatic heterocycles. The molecule has 0 amide bonds. The van der Waals surface area contributed by atoms with Gasteiger partial charge in [-0.25, -0.2) is 8.42 Å². The average Bonchev–Trinajstić information content (AvgIpc) is 2.14. The summed E-state index contributed by atoms with van der Waals surface area (Å²) in [6.07, 6.45) is 4.22. The van der Waals surface area contributed by atoms with Gasteiger partial charge in [0.15, 0.2) is 0 Å². The van der Waals surface area contributed by atoms with E-state index in [0.29, 0.717) is 13.1 Å². The van der Waals surface area contributed by atoms with E-state index in [1.165, 1.54) is 10.6 Å². The van der Waals surface area contributed by atoms with Gasteiger partial charge in [-0.1, -0.05) is 6.92 Å². The first-order valence-electron chi connectivity index (χ1n) is 5.10. The maximum absolute atomic E-state index is 11.3. The third-order valence-corrected chi connectivity index (χ3v) is 3.64. The summed E-state index contributed by atoms with van der Waals surface area (Å²) in [5, 5.41) is 0. The second-order valence-electron chi connectivity index (χ2n) is 3.76. The lowest BCUT2D eigenvalue weighted by Crippen LogP contribution is -2.42. The zero-order valence-electron chi connectivity index (χ0n) is 8.90. The monoisotopic (exact) mass is 221 g/mol. The van der Waals surface area contributed by atoms with Crippen molar-refractivity contribution in [2.24, 2.45) is 0 Å². The van der Waals surface area contributed by atoms with Gasteiger partial charge in [0.1, 0.15) is 0 Å². The van der Waals surface area contributed by atoms with Crippen LogP contribution < -0.4 is 0 Å². The molecule has 1 unspecified atom stereocenters. The van der Waals surface area contributed by atoms with Crippen LogP contribution in [0, 0.1) is 0 Å². The van der Waals surface area contributed by atoms with Crippen LogP contribution in [0.5, 0.6) is 0 Å². The first-order chi connectivity index (χ1) is 6.54. The van der Waals surface area contributed by atoms with E-state index in [2.05, 4.69) is 6.92 Å². The normalized spacial score (nSPS) is 25.1. The van der Waals surface area contributed by atoms with Gasteiger partial charge in [0.25, 0.3) is 0 Å². The van der Waals surface area contributed by atoms with Crippen molar-refractivity contribution in [1.29, 1.82) is 0 Å². The third-order valence-electron chi connectivity index (χ3n) is 2.37. The molecule has 1 heterocycles. The van der Waals surface area contributed by atoms with Crippen LogP contribution in [0.4, 0.5) is 0 Å². The molecule has 1 aliphatic rings. The Kier molecular flexibility index (Phi) is 4.34. The topological polar surface area (TPSA) is 46.6 Å². The minimum absolute atomic E-state index is 0.0958. The number of ether oxygens (including phenoxy) is 1. The zero-order chi connectivity index (χ0) is 10.6. The molecule has 0 bridgehead atoms. The predicted molar refractivity (Wildman–Crippen MR) is 55.7 cm³/mol. The fourth-order valence-corrected chi connectivity index (χ4v) is 2.52. The molecule has 0 saturated carbocycles. The Morgan fingerprint density at radius 1 is 1.50 bits per heavy atom. The Hall–Kier alpha value is -0.130. The van der Waals surface area contributed by atoms with Gasteiger partial charge in [-0.05, 0) is 19.3 Å². The molecule has 0 aliphatic carbocycles. The van der Waals surface area contributed by atoms with E-state index in [4.69, 9.17) is 4.74 Å². The largest absolute Gasteiger partial charge is 0.377 e. The number of hydrogen-bond acceptors (Lipinski definition) is 3. The standard InChI is InChI=1S/C9H19NO3S/c1-3-7-13-9-5-4-6-10(8-9)14(2,11)12/h9H,3-8H2,1-2H3. The molecule has 5 heteroatoms. The molecule has 0 aromatic rings. The molecule has 0 aromatic carbocycles. The molecule has 0 radical (unpaired) electrons. The van der Waals surface area contributed by atoms with Crippen LogP contribution >= 0.6 is 0 Å². The summed E-state index contributed by atoms with van der Waals surface area (Å²) in [7, 11) is -3.03. The Bertz CT molecular complexity index is 263. The Morgan fingerprint density at radius 2 is 2.21 bits per heavy atom. The molecule has 0 N–H and O–H groups in total. The molecule has 0 spiro atoms.